The summed E-state index contributed by atoms with van der Waals surface area (Å²) in [7, 11) is 4.60. The fourth-order valence-corrected chi connectivity index (χ4v) is 3.54. The van der Waals surface area contributed by atoms with Crippen LogP contribution in [0.2, 0.25) is 0 Å². The molecule has 0 saturated heterocycles. The van der Waals surface area contributed by atoms with Crippen molar-refractivity contribution in [2.75, 3.05) is 32.4 Å². The molecular weight excluding hydrogens is 452 g/mol. The highest BCUT2D eigenvalue weighted by Crippen LogP contribution is 2.41. The van der Waals surface area contributed by atoms with Crippen LogP contribution in [0.4, 0.5) is 11.5 Å². The van der Waals surface area contributed by atoms with Gasteiger partial charge < -0.3 is 29.7 Å². The third kappa shape index (κ3) is 4.60. The second-order valence-corrected chi connectivity index (χ2v) is 7.69. The van der Waals surface area contributed by atoms with Crippen molar-refractivity contribution in [3.63, 3.8) is 0 Å². The quantitative estimate of drug-likeness (QED) is 0.390. The number of oxazole rings is 1. The molecule has 4 aromatic rings. The van der Waals surface area contributed by atoms with Crippen LogP contribution >= 0.6 is 0 Å². The van der Waals surface area contributed by atoms with Crippen LogP contribution in [0.5, 0.6) is 17.2 Å². The zero-order valence-electron chi connectivity index (χ0n) is 20.1. The first-order valence-corrected chi connectivity index (χ1v) is 10.7. The Kier molecular flexibility index (Phi) is 6.58. The van der Waals surface area contributed by atoms with E-state index in [1.165, 1.54) is 26.0 Å². The monoisotopic (exact) mass is 478 g/mol. The van der Waals surface area contributed by atoms with Gasteiger partial charge in [0.1, 0.15) is 11.5 Å². The molecule has 2 aromatic carbocycles. The van der Waals surface area contributed by atoms with Gasteiger partial charge in [-0.15, -0.1) is 5.10 Å². The number of nitrogens with two attached hydrogens (primary N) is 1. The third-order valence-corrected chi connectivity index (χ3v) is 5.49. The predicted molar refractivity (Wildman–Crippen MR) is 129 cm³/mol. The molecule has 0 saturated carbocycles. The minimum absolute atomic E-state index is 0.0271. The number of ether oxygens (including phenoxy) is 3. The van der Waals surface area contributed by atoms with E-state index in [1.807, 2.05) is 25.1 Å². The number of aromatic nitrogens is 4. The van der Waals surface area contributed by atoms with Crippen molar-refractivity contribution < 1.29 is 23.4 Å². The summed E-state index contributed by atoms with van der Waals surface area (Å²) in [6.07, 6.45) is 0. The van der Waals surface area contributed by atoms with Gasteiger partial charge in [0.25, 0.3) is 5.91 Å². The molecule has 0 fully saturated rings. The van der Waals surface area contributed by atoms with E-state index in [2.05, 4.69) is 20.6 Å². The molecule has 3 N–H and O–H groups in total. The van der Waals surface area contributed by atoms with Gasteiger partial charge in [0, 0.05) is 11.3 Å². The largest absolute Gasteiger partial charge is 0.493 e. The van der Waals surface area contributed by atoms with Crippen LogP contribution in [0.25, 0.3) is 11.5 Å². The number of hydrogen-bond acceptors (Lipinski definition) is 9. The number of amides is 1. The molecule has 2 heterocycles. The van der Waals surface area contributed by atoms with Crippen LogP contribution in [0.15, 0.2) is 40.8 Å². The van der Waals surface area contributed by atoms with Gasteiger partial charge in [0.2, 0.25) is 11.6 Å². The number of nitrogen functional groups attached to an aromatic ring is 1. The van der Waals surface area contributed by atoms with Crippen LogP contribution in [0, 0.1) is 13.8 Å². The second-order valence-electron chi connectivity index (χ2n) is 7.69. The lowest BCUT2D eigenvalue weighted by atomic mass is 10.2. The topological polar surface area (TPSA) is 140 Å². The lowest BCUT2D eigenvalue weighted by molar-refractivity contribution is 0.102. The molecule has 0 aliphatic heterocycles. The molecule has 11 nitrogen and oxygen atoms in total. The van der Waals surface area contributed by atoms with Crippen molar-refractivity contribution in [3.05, 3.63) is 59.1 Å². The van der Waals surface area contributed by atoms with Crippen LogP contribution in [-0.4, -0.2) is 47.2 Å². The van der Waals surface area contributed by atoms with Crippen LogP contribution in [-0.2, 0) is 6.54 Å². The summed E-state index contributed by atoms with van der Waals surface area (Å²) in [5.74, 6) is 2.01. The van der Waals surface area contributed by atoms with Crippen LogP contribution in [0.3, 0.4) is 0 Å². The zero-order valence-corrected chi connectivity index (χ0v) is 20.1. The summed E-state index contributed by atoms with van der Waals surface area (Å²) in [4.78, 5) is 17.3. The second kappa shape index (κ2) is 9.75. The van der Waals surface area contributed by atoms with Crippen molar-refractivity contribution in [1.82, 2.24) is 20.0 Å². The third-order valence-electron chi connectivity index (χ3n) is 5.49. The number of aryl methyl sites for hydroxylation is 2. The van der Waals surface area contributed by atoms with E-state index in [0.717, 1.165) is 5.56 Å². The fraction of sp³-hybridized carbons (Fsp3) is 0.250. The van der Waals surface area contributed by atoms with Gasteiger partial charge in [-0.2, -0.15) is 0 Å². The van der Waals surface area contributed by atoms with Crippen molar-refractivity contribution in [2.24, 2.45) is 0 Å². The van der Waals surface area contributed by atoms with E-state index in [0.29, 0.717) is 45.8 Å². The minimum Gasteiger partial charge on any atom is -0.493 e. The first-order chi connectivity index (χ1) is 16.9. The number of hydrogen-bond donors (Lipinski definition) is 2. The Bertz CT molecular complexity index is 1350. The molecule has 11 heteroatoms. The Hall–Kier alpha value is -4.54. The summed E-state index contributed by atoms with van der Waals surface area (Å²) in [6.45, 7) is 3.84. The number of anilines is 2. The summed E-state index contributed by atoms with van der Waals surface area (Å²) in [5, 5.41) is 10.8. The van der Waals surface area contributed by atoms with Gasteiger partial charge in [-0.25, -0.2) is 9.67 Å². The number of nitrogens with one attached hydrogen (secondary N) is 1. The number of nitrogens with zero attached hydrogens (tertiary/aromatic N) is 4. The highest BCUT2D eigenvalue weighted by Gasteiger charge is 2.22. The number of carbonyl (C=O) groups excluding carboxylic acids is 1. The fourth-order valence-electron chi connectivity index (χ4n) is 3.54. The molecule has 0 atom stereocenters. The maximum atomic E-state index is 12.7. The summed E-state index contributed by atoms with van der Waals surface area (Å²) in [6, 6.07) is 10.9. The molecule has 0 aliphatic carbocycles. The van der Waals surface area contributed by atoms with Crippen LogP contribution in [0.1, 0.15) is 27.5 Å². The molecular formula is C24H26N6O5. The Morgan fingerprint density at radius 3 is 2.40 bits per heavy atom. The number of carbonyl (C=O) groups is 1. The Morgan fingerprint density at radius 2 is 1.77 bits per heavy atom. The number of rotatable bonds is 8. The average Bonchev–Trinajstić information content (AvgIpc) is 3.41. The maximum absolute atomic E-state index is 12.7. The highest BCUT2D eigenvalue weighted by molar-refractivity contribution is 6.06. The van der Waals surface area contributed by atoms with E-state index in [9.17, 15) is 4.79 Å². The summed E-state index contributed by atoms with van der Waals surface area (Å²) in [5.41, 5.74) is 9.03. The smallest absolute Gasteiger partial charge is 0.280 e. The number of methoxy groups -OCH3 is 3. The molecule has 0 spiro atoms. The number of para-hydroxylation sites is 1. The van der Waals surface area contributed by atoms with Crippen LogP contribution < -0.4 is 25.3 Å². The normalized spacial score (nSPS) is 10.8. The SMILES string of the molecule is COc1cc(-c2nc(Cn3nnc(C(=O)Nc4ccccc4C)c3N)c(C)o2)cc(OC)c1OC. The first-order valence-electron chi connectivity index (χ1n) is 10.7. The molecule has 182 valence electrons. The minimum atomic E-state index is -0.446. The average molecular weight is 479 g/mol. The predicted octanol–water partition coefficient (Wildman–Crippen LogP) is 3.46. The molecule has 4 rings (SSSR count). The van der Waals surface area contributed by atoms with E-state index in [4.69, 9.17) is 24.4 Å². The van der Waals surface area contributed by atoms with Crippen molar-refractivity contribution >= 4 is 17.4 Å². The molecule has 0 unspecified atom stereocenters. The van der Waals surface area contributed by atoms with Crippen molar-refractivity contribution in [2.45, 2.75) is 20.4 Å². The van der Waals surface area contributed by atoms with Gasteiger partial charge in [-0.05, 0) is 37.6 Å². The van der Waals surface area contributed by atoms with Gasteiger partial charge in [0.15, 0.2) is 23.0 Å². The zero-order chi connectivity index (χ0) is 25.1. The van der Waals surface area contributed by atoms with Gasteiger partial charge in [-0.3, -0.25) is 4.79 Å². The maximum Gasteiger partial charge on any atom is 0.280 e. The lowest BCUT2D eigenvalue weighted by Gasteiger charge is -2.12. The van der Waals surface area contributed by atoms with E-state index in [-0.39, 0.29) is 18.1 Å². The van der Waals surface area contributed by atoms with Gasteiger partial charge in [-0.1, -0.05) is 23.4 Å². The molecule has 0 radical (unpaired) electrons. The van der Waals surface area contributed by atoms with Crippen molar-refractivity contribution in [1.29, 1.82) is 0 Å². The Morgan fingerprint density at radius 1 is 1.09 bits per heavy atom. The summed E-state index contributed by atoms with van der Waals surface area (Å²) < 4.78 is 23.5. The van der Waals surface area contributed by atoms with E-state index < -0.39 is 5.91 Å². The highest BCUT2D eigenvalue weighted by atomic mass is 16.5. The van der Waals surface area contributed by atoms with Gasteiger partial charge >= 0.3 is 0 Å². The Balaban J connectivity index is 1.58. The molecule has 1 amide bonds. The van der Waals surface area contributed by atoms with E-state index >= 15 is 0 Å². The Labute approximate surface area is 201 Å². The lowest BCUT2D eigenvalue weighted by Crippen LogP contribution is -2.16. The van der Waals surface area contributed by atoms with Crippen molar-refractivity contribution in [3.8, 4) is 28.7 Å². The van der Waals surface area contributed by atoms with Gasteiger partial charge in [0.05, 0.1) is 27.9 Å². The number of benzene rings is 2. The molecule has 0 bridgehead atoms. The molecule has 2 aromatic heterocycles. The standard InChI is InChI=1S/C24H26N6O5/c1-13-8-6-7-9-16(13)26-23(31)20-22(25)30(29-28-20)12-17-14(2)35-24(27-17)15-10-18(32-3)21(34-5)19(11-15)33-4/h6-11H,12,25H2,1-5H3,(H,26,31). The van der Waals surface area contributed by atoms with E-state index in [1.54, 1.807) is 25.1 Å². The molecule has 35 heavy (non-hydrogen) atoms. The first kappa shape index (κ1) is 23.6. The molecule has 0 aliphatic rings. The summed E-state index contributed by atoms with van der Waals surface area (Å²) >= 11 is 0.